The first kappa shape index (κ1) is 27.7. The third kappa shape index (κ3) is 4.45. The van der Waals surface area contributed by atoms with Crippen LogP contribution in [0.5, 0.6) is 0 Å². The highest BCUT2D eigenvalue weighted by Crippen LogP contribution is 2.55. The molecule has 2 aromatic carbocycles. The van der Waals surface area contributed by atoms with Crippen molar-refractivity contribution in [3.8, 4) is 21.3 Å². The van der Waals surface area contributed by atoms with Crippen molar-refractivity contribution in [1.29, 1.82) is 0 Å². The summed E-state index contributed by atoms with van der Waals surface area (Å²) in [6.45, 7) is 14.2. The molecule has 0 bridgehead atoms. The van der Waals surface area contributed by atoms with Crippen LogP contribution in [-0.4, -0.2) is 16.1 Å². The van der Waals surface area contributed by atoms with Gasteiger partial charge in [-0.05, 0) is 75.9 Å². The lowest BCUT2D eigenvalue weighted by Crippen LogP contribution is -2.37. The van der Waals surface area contributed by atoms with Crippen LogP contribution < -0.4 is 10.4 Å². The van der Waals surface area contributed by atoms with E-state index >= 15 is 0 Å². The molecule has 0 saturated carbocycles. The fraction of sp³-hybridized carbons (Fsp3) is 0.214. The van der Waals surface area contributed by atoms with Crippen molar-refractivity contribution in [3.63, 3.8) is 0 Å². The Hall–Kier alpha value is -0.466. The molecule has 10 heteroatoms. The number of rotatable bonds is 4. The molecule has 2 nitrogen and oxygen atoms in total. The van der Waals surface area contributed by atoms with Gasteiger partial charge in [0.1, 0.15) is 11.2 Å². The number of hydrogen-bond donors (Lipinski definition) is 0. The Morgan fingerprint density at radius 3 is 1.26 bits per heavy atom. The van der Waals surface area contributed by atoms with Gasteiger partial charge in [-0.2, -0.15) is 0 Å². The van der Waals surface area contributed by atoms with Crippen molar-refractivity contribution in [2.75, 3.05) is 0 Å². The fourth-order valence-electron chi connectivity index (χ4n) is 4.53. The number of furan rings is 2. The first-order valence-electron chi connectivity index (χ1n) is 12.1. The SMILES string of the molecule is C[Si](C)(C)c1ccc2c(Br)c(-c3sc4c(Br)c(-c5oc6cc([Si](C)(C)C)ccc6c5Br)sc4c3Br)oc2c1. The van der Waals surface area contributed by atoms with Gasteiger partial charge in [-0.1, -0.05) is 73.9 Å². The molecule has 0 radical (unpaired) electrons. The van der Waals surface area contributed by atoms with Crippen molar-refractivity contribution < 1.29 is 8.83 Å². The van der Waals surface area contributed by atoms with E-state index in [0.29, 0.717) is 0 Å². The molecule has 0 saturated heterocycles. The van der Waals surface area contributed by atoms with Gasteiger partial charge >= 0.3 is 0 Å². The molecule has 0 amide bonds. The van der Waals surface area contributed by atoms with Crippen LogP contribution in [0.4, 0.5) is 0 Å². The predicted octanol–water partition coefficient (Wildman–Crippen LogP) is 11.9. The van der Waals surface area contributed by atoms with E-state index in [9.17, 15) is 0 Å². The summed E-state index contributed by atoms with van der Waals surface area (Å²) >= 11 is 19.0. The van der Waals surface area contributed by atoms with Crippen molar-refractivity contribution in [2.24, 2.45) is 0 Å². The maximum atomic E-state index is 6.48. The summed E-state index contributed by atoms with van der Waals surface area (Å²) in [6.07, 6.45) is 0. The quantitative estimate of drug-likeness (QED) is 0.165. The van der Waals surface area contributed by atoms with E-state index in [1.165, 1.54) is 19.8 Å². The van der Waals surface area contributed by atoms with E-state index in [-0.39, 0.29) is 0 Å². The molecule has 0 N–H and O–H groups in total. The Balaban J connectivity index is 1.47. The average Bonchev–Trinajstić information content (AvgIpc) is 3.54. The largest absolute Gasteiger partial charge is 0.454 e. The Bertz CT molecular complexity index is 1760. The molecule has 0 spiro atoms. The van der Waals surface area contributed by atoms with E-state index in [1.807, 2.05) is 0 Å². The average molecular weight is 832 g/mol. The topological polar surface area (TPSA) is 26.3 Å². The molecule has 0 aliphatic heterocycles. The van der Waals surface area contributed by atoms with Crippen molar-refractivity contribution in [3.05, 3.63) is 54.3 Å². The molecule has 0 fully saturated rings. The summed E-state index contributed by atoms with van der Waals surface area (Å²) in [6, 6.07) is 13.3. The van der Waals surface area contributed by atoms with Gasteiger partial charge in [0.05, 0.1) is 53.2 Å². The summed E-state index contributed by atoms with van der Waals surface area (Å²) in [5.41, 5.74) is 1.86. The van der Waals surface area contributed by atoms with Crippen LogP contribution >= 0.6 is 86.4 Å². The number of halogens is 4. The van der Waals surface area contributed by atoms with Crippen LogP contribution in [0.3, 0.4) is 0 Å². The Kier molecular flexibility index (Phi) is 6.95. The summed E-state index contributed by atoms with van der Waals surface area (Å²) in [4.78, 5) is 2.17. The first-order chi connectivity index (χ1) is 17.8. The molecular weight excluding hydrogens is 808 g/mol. The van der Waals surface area contributed by atoms with Gasteiger partial charge in [-0.15, -0.1) is 22.7 Å². The minimum atomic E-state index is -1.44. The highest BCUT2D eigenvalue weighted by atomic mass is 79.9. The summed E-state index contributed by atoms with van der Waals surface area (Å²) < 4.78 is 19.4. The van der Waals surface area contributed by atoms with Crippen LogP contribution in [0.25, 0.3) is 52.6 Å². The van der Waals surface area contributed by atoms with E-state index in [1.54, 1.807) is 22.7 Å². The van der Waals surface area contributed by atoms with Gasteiger partial charge in [-0.25, -0.2) is 0 Å². The third-order valence-corrected chi connectivity index (χ3v) is 17.7. The summed E-state index contributed by atoms with van der Waals surface area (Å²) in [5.74, 6) is 1.73. The van der Waals surface area contributed by atoms with Crippen LogP contribution in [0, 0.1) is 0 Å². The smallest absolute Gasteiger partial charge is 0.160 e. The highest BCUT2D eigenvalue weighted by Gasteiger charge is 2.28. The van der Waals surface area contributed by atoms with Crippen molar-refractivity contribution in [2.45, 2.75) is 39.3 Å². The van der Waals surface area contributed by atoms with Crippen LogP contribution in [-0.2, 0) is 0 Å². The van der Waals surface area contributed by atoms with Gasteiger partial charge in [0.25, 0.3) is 0 Å². The number of benzene rings is 2. The van der Waals surface area contributed by atoms with Gasteiger partial charge in [0.15, 0.2) is 11.5 Å². The molecule has 0 unspecified atom stereocenters. The minimum absolute atomic E-state index is 0.866. The monoisotopic (exact) mass is 828 g/mol. The zero-order valence-electron chi connectivity index (χ0n) is 21.6. The number of fused-ring (bicyclic) bond motifs is 3. The van der Waals surface area contributed by atoms with Gasteiger partial charge < -0.3 is 8.83 Å². The minimum Gasteiger partial charge on any atom is -0.454 e. The maximum absolute atomic E-state index is 6.48. The fourth-order valence-corrected chi connectivity index (χ4v) is 12.7. The highest BCUT2D eigenvalue weighted by molar-refractivity contribution is 9.11. The first-order valence-corrected chi connectivity index (χ1v) is 23.9. The van der Waals surface area contributed by atoms with Crippen molar-refractivity contribution >= 4 is 144 Å². The second-order valence-electron chi connectivity index (χ2n) is 11.6. The Morgan fingerprint density at radius 2 is 0.921 bits per heavy atom. The van der Waals surface area contributed by atoms with Crippen LogP contribution in [0.15, 0.2) is 63.1 Å². The van der Waals surface area contributed by atoms with E-state index in [2.05, 4.69) is 139 Å². The summed E-state index contributed by atoms with van der Waals surface area (Å²) in [5, 5.41) is 5.00. The number of thiophene rings is 2. The molecule has 6 aromatic rings. The van der Waals surface area contributed by atoms with E-state index in [0.717, 1.165) is 61.1 Å². The molecular formula is C28H24Br4O2S2Si2. The lowest BCUT2D eigenvalue weighted by atomic mass is 10.2. The zero-order chi connectivity index (χ0) is 27.3. The number of hydrogen-bond acceptors (Lipinski definition) is 4. The molecule has 38 heavy (non-hydrogen) atoms. The Morgan fingerprint density at radius 1 is 0.553 bits per heavy atom. The maximum Gasteiger partial charge on any atom is 0.160 e. The molecule has 0 aliphatic carbocycles. The van der Waals surface area contributed by atoms with E-state index in [4.69, 9.17) is 8.83 Å². The van der Waals surface area contributed by atoms with Gasteiger partial charge in [0.2, 0.25) is 0 Å². The zero-order valence-corrected chi connectivity index (χ0v) is 31.6. The molecule has 4 heterocycles. The van der Waals surface area contributed by atoms with Gasteiger partial charge in [-0.3, -0.25) is 0 Å². The lowest BCUT2D eigenvalue weighted by molar-refractivity contribution is 0.631. The molecule has 196 valence electrons. The van der Waals surface area contributed by atoms with E-state index < -0.39 is 16.1 Å². The molecule has 6 rings (SSSR count). The van der Waals surface area contributed by atoms with Crippen molar-refractivity contribution in [1.82, 2.24) is 0 Å². The molecule has 0 atom stereocenters. The molecule has 4 aromatic heterocycles. The normalized spacial score (nSPS) is 13.0. The summed E-state index contributed by atoms with van der Waals surface area (Å²) in [7, 11) is -2.88. The third-order valence-electron chi connectivity index (χ3n) is 6.82. The van der Waals surface area contributed by atoms with Gasteiger partial charge in [0, 0.05) is 10.8 Å². The predicted molar refractivity (Wildman–Crippen MR) is 187 cm³/mol. The second kappa shape index (κ2) is 9.54. The molecule has 0 aliphatic rings. The van der Waals surface area contributed by atoms with Crippen LogP contribution in [0.1, 0.15) is 0 Å². The Labute approximate surface area is 265 Å². The van der Waals surface area contributed by atoms with Crippen LogP contribution in [0.2, 0.25) is 39.3 Å². The second-order valence-corrected chi connectivity index (χ2v) is 26.9. The lowest BCUT2D eigenvalue weighted by Gasteiger charge is -2.15. The standard InChI is InChI=1S/C28H24Br4O2S2Si2/c1-37(2,3)13-7-9-15-17(11-13)33-23(19(15)29)25-21(31)27-28(35-25)22(32)26(36-27)24-20(30)16-10-8-14(38(4,5)6)12-18(16)34-24/h7-12H,1-6H3.